The Morgan fingerprint density at radius 2 is 2.10 bits per heavy atom. The van der Waals surface area contributed by atoms with E-state index in [-0.39, 0.29) is 5.91 Å². The van der Waals surface area contributed by atoms with E-state index in [9.17, 15) is 4.79 Å². The first-order valence-corrected chi connectivity index (χ1v) is 6.58. The summed E-state index contributed by atoms with van der Waals surface area (Å²) >= 11 is 0. The highest BCUT2D eigenvalue weighted by molar-refractivity contribution is 6.07. The van der Waals surface area contributed by atoms with Crippen LogP contribution in [0.5, 0.6) is 0 Å². The summed E-state index contributed by atoms with van der Waals surface area (Å²) in [5.41, 5.74) is 3.05. The quantitative estimate of drug-likeness (QED) is 0.740. The molecule has 6 heteroatoms. The normalized spacial score (nSPS) is 16.0. The summed E-state index contributed by atoms with van der Waals surface area (Å²) in [5, 5.41) is 2.87. The van der Waals surface area contributed by atoms with E-state index in [2.05, 4.69) is 20.3 Å². The van der Waals surface area contributed by atoms with Crippen LogP contribution in [0.2, 0.25) is 0 Å². The Morgan fingerprint density at radius 1 is 1.24 bits per heavy atom. The predicted octanol–water partition coefficient (Wildman–Crippen LogP) is 2.51. The Balaban J connectivity index is 1.90. The highest BCUT2D eigenvalue weighted by Gasteiger charge is 2.39. The fourth-order valence-electron chi connectivity index (χ4n) is 2.51. The topological polar surface area (TPSA) is 80.9 Å². The molecule has 104 valence electrons. The molecule has 0 radical (unpaired) electrons. The minimum absolute atomic E-state index is 0.0145. The van der Waals surface area contributed by atoms with Crippen LogP contribution in [0.1, 0.15) is 19.4 Å². The molecule has 1 amide bonds. The zero-order valence-corrected chi connectivity index (χ0v) is 11.5. The molecule has 0 unspecified atom stereocenters. The molecule has 0 spiro atoms. The van der Waals surface area contributed by atoms with Crippen molar-refractivity contribution in [1.82, 2.24) is 15.0 Å². The van der Waals surface area contributed by atoms with E-state index < -0.39 is 5.41 Å². The van der Waals surface area contributed by atoms with Crippen molar-refractivity contribution in [2.75, 3.05) is 5.32 Å². The van der Waals surface area contributed by atoms with Gasteiger partial charge in [0.2, 0.25) is 11.8 Å². The number of nitrogens with zero attached hydrogens (tertiary/aromatic N) is 3. The van der Waals surface area contributed by atoms with E-state index in [0.29, 0.717) is 22.7 Å². The second-order valence-electron chi connectivity index (χ2n) is 5.55. The number of rotatable bonds is 1. The maximum Gasteiger partial charge on any atom is 0.247 e. The van der Waals surface area contributed by atoms with Gasteiger partial charge >= 0.3 is 0 Å². The Labute approximate surface area is 120 Å². The Hall–Kier alpha value is -2.76. The molecule has 1 aromatic carbocycles. The van der Waals surface area contributed by atoms with Gasteiger partial charge in [-0.2, -0.15) is 0 Å². The molecule has 0 fully saturated rings. The van der Waals surface area contributed by atoms with Crippen molar-refractivity contribution in [3.8, 4) is 11.6 Å². The van der Waals surface area contributed by atoms with Crippen LogP contribution in [0.4, 0.5) is 5.69 Å². The lowest BCUT2D eigenvalue weighted by molar-refractivity contribution is -0.119. The first kappa shape index (κ1) is 12.0. The van der Waals surface area contributed by atoms with Gasteiger partial charge in [0, 0.05) is 24.1 Å². The van der Waals surface area contributed by atoms with Crippen LogP contribution in [0.25, 0.3) is 22.7 Å². The van der Waals surface area contributed by atoms with Crippen molar-refractivity contribution in [2.24, 2.45) is 0 Å². The van der Waals surface area contributed by atoms with Crippen LogP contribution < -0.4 is 5.32 Å². The zero-order chi connectivity index (χ0) is 14.6. The first-order chi connectivity index (χ1) is 10.1. The summed E-state index contributed by atoms with van der Waals surface area (Å²) in [5.74, 6) is 0.408. The smallest absolute Gasteiger partial charge is 0.247 e. The Bertz CT molecular complexity index is 868. The van der Waals surface area contributed by atoms with E-state index in [1.54, 1.807) is 18.6 Å². The first-order valence-electron chi connectivity index (χ1n) is 6.58. The van der Waals surface area contributed by atoms with Gasteiger partial charge in [-0.25, -0.2) is 9.97 Å². The highest BCUT2D eigenvalue weighted by atomic mass is 16.3. The minimum atomic E-state index is -0.560. The molecular formula is C15H12N4O2. The average molecular weight is 280 g/mol. The van der Waals surface area contributed by atoms with Crippen molar-refractivity contribution in [1.29, 1.82) is 0 Å². The highest BCUT2D eigenvalue weighted by Crippen LogP contribution is 2.40. The maximum absolute atomic E-state index is 12.0. The maximum atomic E-state index is 12.0. The second kappa shape index (κ2) is 3.88. The molecule has 0 aliphatic carbocycles. The van der Waals surface area contributed by atoms with Gasteiger partial charge in [0.05, 0.1) is 11.6 Å². The number of benzene rings is 1. The van der Waals surface area contributed by atoms with Crippen LogP contribution in [-0.2, 0) is 10.2 Å². The summed E-state index contributed by atoms with van der Waals surface area (Å²) in [6, 6.07) is 3.70. The van der Waals surface area contributed by atoms with Gasteiger partial charge in [-0.05, 0) is 25.5 Å². The molecule has 2 aromatic heterocycles. The van der Waals surface area contributed by atoms with Gasteiger partial charge in [0.15, 0.2) is 5.58 Å². The molecule has 1 aliphatic rings. The number of carbonyl (C=O) groups is 1. The summed E-state index contributed by atoms with van der Waals surface area (Å²) in [6.45, 7) is 3.79. The lowest BCUT2D eigenvalue weighted by Crippen LogP contribution is -2.26. The molecule has 3 aromatic rings. The van der Waals surface area contributed by atoms with Crippen molar-refractivity contribution in [3.63, 3.8) is 0 Å². The van der Waals surface area contributed by atoms with Gasteiger partial charge in [-0.3, -0.25) is 9.78 Å². The van der Waals surface area contributed by atoms with Gasteiger partial charge in [-0.1, -0.05) is 0 Å². The van der Waals surface area contributed by atoms with E-state index in [1.165, 1.54) is 0 Å². The number of hydrogen-bond acceptors (Lipinski definition) is 5. The molecule has 3 heterocycles. The van der Waals surface area contributed by atoms with Gasteiger partial charge < -0.3 is 9.73 Å². The molecular weight excluding hydrogens is 268 g/mol. The molecule has 21 heavy (non-hydrogen) atoms. The number of hydrogen-bond donors (Lipinski definition) is 1. The van der Waals surface area contributed by atoms with Gasteiger partial charge in [0.1, 0.15) is 11.2 Å². The minimum Gasteiger partial charge on any atom is -0.435 e. The van der Waals surface area contributed by atoms with Crippen LogP contribution in [0, 0.1) is 0 Å². The molecule has 0 saturated heterocycles. The van der Waals surface area contributed by atoms with E-state index in [4.69, 9.17) is 4.42 Å². The number of amides is 1. The van der Waals surface area contributed by atoms with Crippen molar-refractivity contribution >= 4 is 22.7 Å². The summed E-state index contributed by atoms with van der Waals surface area (Å²) in [4.78, 5) is 24.6. The standard InChI is InChI=1S/C15H12N4O2/c1-15(2)8-5-10-12(6-9(8)19-14(15)20)21-13(18-10)11-7-16-3-4-17-11/h3-7H,1-2H3,(H,19,20). The molecule has 1 aliphatic heterocycles. The molecule has 1 N–H and O–H groups in total. The van der Waals surface area contributed by atoms with E-state index >= 15 is 0 Å². The lowest BCUT2D eigenvalue weighted by atomic mass is 9.86. The summed E-state index contributed by atoms with van der Waals surface area (Å²) < 4.78 is 5.72. The number of nitrogens with one attached hydrogen (secondary N) is 1. The van der Waals surface area contributed by atoms with Gasteiger partial charge in [-0.15, -0.1) is 0 Å². The second-order valence-corrected chi connectivity index (χ2v) is 5.55. The number of carbonyl (C=O) groups excluding carboxylic acids is 1. The number of fused-ring (bicyclic) bond motifs is 2. The van der Waals surface area contributed by atoms with E-state index in [1.807, 2.05) is 26.0 Å². The number of anilines is 1. The predicted molar refractivity (Wildman–Crippen MR) is 76.7 cm³/mol. The van der Waals surface area contributed by atoms with Crippen molar-refractivity contribution in [2.45, 2.75) is 19.3 Å². The van der Waals surface area contributed by atoms with Crippen molar-refractivity contribution in [3.05, 3.63) is 36.3 Å². The fourth-order valence-corrected chi connectivity index (χ4v) is 2.51. The molecule has 6 nitrogen and oxygen atoms in total. The molecule has 0 saturated carbocycles. The molecule has 0 atom stereocenters. The van der Waals surface area contributed by atoms with Gasteiger partial charge in [0.25, 0.3) is 0 Å². The zero-order valence-electron chi connectivity index (χ0n) is 11.5. The molecule has 4 rings (SSSR count). The largest absolute Gasteiger partial charge is 0.435 e. The number of aromatic nitrogens is 3. The third-order valence-corrected chi connectivity index (χ3v) is 3.80. The summed E-state index contributed by atoms with van der Waals surface area (Å²) in [6.07, 6.45) is 4.79. The van der Waals surface area contributed by atoms with Crippen molar-refractivity contribution < 1.29 is 9.21 Å². The fraction of sp³-hybridized carbons (Fsp3) is 0.200. The van der Waals surface area contributed by atoms with E-state index in [0.717, 1.165) is 11.3 Å². The average Bonchev–Trinajstić information content (AvgIpc) is 2.98. The SMILES string of the molecule is CC1(C)C(=O)Nc2cc3oc(-c4cnccn4)nc3cc21. The summed E-state index contributed by atoms with van der Waals surface area (Å²) in [7, 11) is 0. The third kappa shape index (κ3) is 1.65. The lowest BCUT2D eigenvalue weighted by Gasteiger charge is -2.14. The van der Waals surface area contributed by atoms with Crippen LogP contribution >= 0.6 is 0 Å². The third-order valence-electron chi connectivity index (χ3n) is 3.80. The van der Waals surface area contributed by atoms with Crippen LogP contribution in [0.3, 0.4) is 0 Å². The number of oxazole rings is 1. The van der Waals surface area contributed by atoms with Crippen LogP contribution in [0.15, 0.2) is 35.1 Å². The Kier molecular flexibility index (Phi) is 2.22. The molecule has 0 bridgehead atoms. The van der Waals surface area contributed by atoms with Crippen LogP contribution in [-0.4, -0.2) is 20.9 Å². The monoisotopic (exact) mass is 280 g/mol. The Morgan fingerprint density at radius 3 is 2.86 bits per heavy atom.